The largest absolute Gasteiger partial charge is 0.465 e. The van der Waals surface area contributed by atoms with Gasteiger partial charge in [-0.1, -0.05) is 13.8 Å². The second kappa shape index (κ2) is 13.8. The van der Waals surface area contributed by atoms with Crippen molar-refractivity contribution >= 4 is 42.3 Å². The molecule has 38 heavy (non-hydrogen) atoms. The highest BCUT2D eigenvalue weighted by atomic mass is 31.2. The molecule has 0 aliphatic heterocycles. The molecule has 3 rings (SSSR count). The molecule has 212 valence electrons. The third kappa shape index (κ3) is 8.62. The molecule has 1 saturated carbocycles. The number of nitrogens with zero attached hydrogens (tertiary/aromatic N) is 4. The van der Waals surface area contributed by atoms with E-state index in [-0.39, 0.29) is 32.1 Å². The maximum absolute atomic E-state index is 13.7. The van der Waals surface area contributed by atoms with Crippen molar-refractivity contribution < 1.29 is 28.4 Å². The van der Waals surface area contributed by atoms with Crippen molar-refractivity contribution in [1.82, 2.24) is 29.7 Å². The van der Waals surface area contributed by atoms with E-state index in [0.717, 1.165) is 12.8 Å². The van der Waals surface area contributed by atoms with E-state index in [1.54, 1.807) is 24.7 Å². The highest BCUT2D eigenvalue weighted by Crippen LogP contribution is 2.37. The molecule has 1 fully saturated rings. The summed E-state index contributed by atoms with van der Waals surface area (Å²) in [7, 11) is -3.59. The Hall–Kier alpha value is -2.80. The predicted octanol–water partition coefficient (Wildman–Crippen LogP) is 2.01. The van der Waals surface area contributed by atoms with Crippen LogP contribution in [0.3, 0.4) is 0 Å². The second-order valence-electron chi connectivity index (χ2n) is 9.27. The first-order valence-electron chi connectivity index (χ1n) is 13.0. The summed E-state index contributed by atoms with van der Waals surface area (Å²) < 4.78 is 31.5. The number of hydrogen-bond acceptors (Lipinski definition) is 11. The van der Waals surface area contributed by atoms with Gasteiger partial charge in [-0.05, 0) is 39.5 Å². The summed E-state index contributed by atoms with van der Waals surface area (Å²) in [5.74, 6) is -0.365. The summed E-state index contributed by atoms with van der Waals surface area (Å²) in [5, 5.41) is 8.87. The molecule has 0 radical (unpaired) electrons. The summed E-state index contributed by atoms with van der Waals surface area (Å²) in [6, 6.07) is -1.41. The molecule has 1 aliphatic rings. The monoisotopic (exact) mass is 554 g/mol. The number of carbonyl (C=O) groups excluding carboxylic acids is 2. The Balaban J connectivity index is 1.63. The lowest BCUT2D eigenvalue weighted by Crippen LogP contribution is -2.43. The molecule has 0 spiro atoms. The zero-order valence-electron chi connectivity index (χ0n) is 22.4. The van der Waals surface area contributed by atoms with Crippen molar-refractivity contribution in [3.63, 3.8) is 0 Å². The number of esters is 2. The maximum Gasteiger partial charge on any atom is 0.323 e. The second-order valence-corrected chi connectivity index (χ2v) is 11.5. The van der Waals surface area contributed by atoms with E-state index in [0.29, 0.717) is 42.4 Å². The summed E-state index contributed by atoms with van der Waals surface area (Å²) in [4.78, 5) is 37.5. The van der Waals surface area contributed by atoms with Crippen LogP contribution in [-0.2, 0) is 34.9 Å². The first-order valence-corrected chi connectivity index (χ1v) is 14.9. The normalized spacial score (nSPS) is 16.5. The van der Waals surface area contributed by atoms with Gasteiger partial charge in [-0.25, -0.2) is 15.2 Å². The van der Waals surface area contributed by atoms with Crippen molar-refractivity contribution in [2.24, 2.45) is 0 Å². The van der Waals surface area contributed by atoms with E-state index in [9.17, 15) is 14.2 Å². The van der Waals surface area contributed by atoms with Crippen LogP contribution in [-0.4, -0.2) is 75.8 Å². The molecule has 5 N–H and O–H groups in total. The Morgan fingerprint density at radius 3 is 2.24 bits per heavy atom. The van der Waals surface area contributed by atoms with Crippen molar-refractivity contribution in [2.75, 3.05) is 37.2 Å². The van der Waals surface area contributed by atoms with Gasteiger partial charge in [-0.15, -0.1) is 0 Å². The standard InChI is InChI=1S/C23H39N8O6P/c1-5-10-36-21(32)15(3)29-38(34,30-16(4)22(33)37-11-6-2)14-35-12-9-31-13-25-18-19(26-17-7-8-17)27-23(24)28-20(18)31/h13,15-17H,5-12,14H2,1-4H3,(H2,29,30,34)(H3,24,26,27,28). The number of nitrogen functional groups attached to an aromatic ring is 1. The van der Waals surface area contributed by atoms with Crippen LogP contribution in [0.2, 0.25) is 0 Å². The Kier molecular flexibility index (Phi) is 10.8. The quantitative estimate of drug-likeness (QED) is 0.127. The molecule has 2 atom stereocenters. The minimum absolute atomic E-state index is 0.133. The van der Waals surface area contributed by atoms with E-state index in [1.165, 1.54) is 0 Å². The smallest absolute Gasteiger partial charge is 0.323 e. The zero-order valence-corrected chi connectivity index (χ0v) is 23.3. The van der Waals surface area contributed by atoms with Gasteiger partial charge in [0, 0.05) is 12.6 Å². The number of ether oxygens (including phenoxy) is 3. The predicted molar refractivity (Wildman–Crippen MR) is 143 cm³/mol. The average Bonchev–Trinajstić information content (AvgIpc) is 3.60. The van der Waals surface area contributed by atoms with Gasteiger partial charge in [0.25, 0.3) is 0 Å². The van der Waals surface area contributed by atoms with Gasteiger partial charge < -0.3 is 29.8 Å². The number of anilines is 2. The van der Waals surface area contributed by atoms with Crippen LogP contribution < -0.4 is 21.2 Å². The number of nitrogens with one attached hydrogen (secondary N) is 3. The summed E-state index contributed by atoms with van der Waals surface area (Å²) >= 11 is 0. The fraction of sp³-hybridized carbons (Fsp3) is 0.696. The molecule has 0 amide bonds. The van der Waals surface area contributed by atoms with E-state index >= 15 is 0 Å². The van der Waals surface area contributed by atoms with Crippen LogP contribution in [0.15, 0.2) is 6.33 Å². The molecule has 0 saturated heterocycles. The highest BCUT2D eigenvalue weighted by Gasteiger charge is 2.32. The molecule has 0 bridgehead atoms. The van der Waals surface area contributed by atoms with E-state index in [2.05, 4.69) is 30.4 Å². The third-order valence-corrected chi connectivity index (χ3v) is 7.71. The van der Waals surface area contributed by atoms with Crippen LogP contribution in [0.1, 0.15) is 53.4 Å². The van der Waals surface area contributed by atoms with E-state index < -0.39 is 31.5 Å². The number of carbonyl (C=O) groups is 2. The number of aromatic nitrogens is 4. The van der Waals surface area contributed by atoms with Gasteiger partial charge in [0.05, 0.1) is 26.1 Å². The molecule has 0 aromatic carbocycles. The average molecular weight is 555 g/mol. The summed E-state index contributed by atoms with van der Waals surface area (Å²) in [6.45, 7) is 7.85. The van der Waals surface area contributed by atoms with Crippen molar-refractivity contribution in [2.45, 2.75) is 78.0 Å². The Morgan fingerprint density at radius 1 is 1.08 bits per heavy atom. The number of hydrogen-bond donors (Lipinski definition) is 4. The number of fused-ring (bicyclic) bond motifs is 1. The molecule has 2 aromatic rings. The fourth-order valence-corrected chi connectivity index (χ4v) is 5.57. The van der Waals surface area contributed by atoms with Gasteiger partial charge in [0.2, 0.25) is 13.4 Å². The number of nitrogens with two attached hydrogens (primary N) is 1. The van der Waals surface area contributed by atoms with Crippen LogP contribution in [0.4, 0.5) is 11.8 Å². The van der Waals surface area contributed by atoms with Crippen molar-refractivity contribution in [3.05, 3.63) is 6.33 Å². The molecular formula is C23H39N8O6P. The van der Waals surface area contributed by atoms with Crippen LogP contribution in [0.25, 0.3) is 11.2 Å². The minimum atomic E-state index is -3.59. The van der Waals surface area contributed by atoms with Gasteiger partial charge in [-0.3, -0.25) is 14.2 Å². The molecular weight excluding hydrogens is 515 g/mol. The number of rotatable bonds is 17. The Bertz CT molecular complexity index is 1110. The van der Waals surface area contributed by atoms with E-state index in [1.807, 2.05) is 13.8 Å². The van der Waals surface area contributed by atoms with Crippen molar-refractivity contribution in [1.29, 1.82) is 0 Å². The minimum Gasteiger partial charge on any atom is -0.465 e. The highest BCUT2D eigenvalue weighted by molar-refractivity contribution is 7.59. The lowest BCUT2D eigenvalue weighted by molar-refractivity contribution is -0.145. The first-order chi connectivity index (χ1) is 18.2. The summed E-state index contributed by atoms with van der Waals surface area (Å²) in [5.41, 5.74) is 7.07. The number of imidazole rings is 1. The zero-order chi connectivity index (χ0) is 27.7. The van der Waals surface area contributed by atoms with Crippen LogP contribution in [0, 0.1) is 0 Å². The van der Waals surface area contributed by atoms with Gasteiger partial charge in [-0.2, -0.15) is 9.97 Å². The van der Waals surface area contributed by atoms with Gasteiger partial charge in [0.15, 0.2) is 17.0 Å². The fourth-order valence-electron chi connectivity index (χ4n) is 3.50. The van der Waals surface area contributed by atoms with Gasteiger partial charge in [0.1, 0.15) is 18.4 Å². The summed E-state index contributed by atoms with van der Waals surface area (Å²) in [6.07, 6.45) is 4.80. The first kappa shape index (κ1) is 29.8. The third-order valence-electron chi connectivity index (χ3n) is 5.56. The molecule has 2 aromatic heterocycles. The maximum atomic E-state index is 13.7. The lowest BCUT2D eigenvalue weighted by Gasteiger charge is -2.26. The van der Waals surface area contributed by atoms with Crippen LogP contribution in [0.5, 0.6) is 0 Å². The Morgan fingerprint density at radius 2 is 1.68 bits per heavy atom. The molecule has 14 nitrogen and oxygen atoms in total. The SMILES string of the molecule is CCCOC(=O)C(C)NP(=O)(COCCn1cnc2c(NC3CC3)nc(N)nc21)NC(C)C(=O)OCCC. The van der Waals surface area contributed by atoms with Gasteiger partial charge >= 0.3 is 11.9 Å². The Labute approximate surface area is 222 Å². The van der Waals surface area contributed by atoms with Crippen molar-refractivity contribution in [3.8, 4) is 0 Å². The molecule has 2 heterocycles. The molecule has 1 aliphatic carbocycles. The van der Waals surface area contributed by atoms with E-state index in [4.69, 9.17) is 19.9 Å². The molecule has 2 unspecified atom stereocenters. The topological polar surface area (TPSA) is 185 Å². The molecule has 15 heteroatoms. The van der Waals surface area contributed by atoms with Crippen LogP contribution >= 0.6 is 7.44 Å². The lowest BCUT2D eigenvalue weighted by atomic mass is 10.4.